The quantitative estimate of drug-likeness (QED) is 0.620. The van der Waals surface area contributed by atoms with Crippen LogP contribution in [0.25, 0.3) is 0 Å². The monoisotopic (exact) mass is 291 g/mol. The number of carbonyl (C=O) groups excluding carboxylic acids is 2. The number of amides is 1. The summed E-state index contributed by atoms with van der Waals surface area (Å²) in [7, 11) is 0. The molecule has 5 heteroatoms. The summed E-state index contributed by atoms with van der Waals surface area (Å²) in [6.45, 7) is 4.01. The predicted octanol–water partition coefficient (Wildman–Crippen LogP) is 2.35. The average molecular weight is 291 g/mol. The molecule has 2 aliphatic heterocycles. The van der Waals surface area contributed by atoms with Gasteiger partial charge in [0.2, 0.25) is 5.91 Å². The molecule has 0 spiro atoms. The van der Waals surface area contributed by atoms with Gasteiger partial charge in [-0.1, -0.05) is 17.7 Å². The van der Waals surface area contributed by atoms with E-state index in [-0.39, 0.29) is 16.7 Å². The third-order valence-corrected chi connectivity index (χ3v) is 5.46. The van der Waals surface area contributed by atoms with E-state index >= 15 is 0 Å². The molecule has 1 aromatic rings. The Morgan fingerprint density at radius 3 is 2.80 bits per heavy atom. The van der Waals surface area contributed by atoms with Crippen LogP contribution in [-0.2, 0) is 9.59 Å². The first-order chi connectivity index (χ1) is 9.49. The highest BCUT2D eigenvalue weighted by Gasteiger charge is 2.53. The molecule has 2 atom stereocenters. The summed E-state index contributed by atoms with van der Waals surface area (Å²) >= 11 is 1.67. The molecule has 0 saturated carbocycles. The molecule has 0 aliphatic carbocycles. The van der Waals surface area contributed by atoms with Gasteiger partial charge in [0.15, 0.2) is 0 Å². The zero-order chi connectivity index (χ0) is 14.3. The fourth-order valence-electron chi connectivity index (χ4n) is 2.79. The summed E-state index contributed by atoms with van der Waals surface area (Å²) in [6, 6.07) is 6.90. The van der Waals surface area contributed by atoms with Crippen molar-refractivity contribution in [3.05, 3.63) is 29.8 Å². The average Bonchev–Trinajstić information content (AvgIpc) is 2.90. The van der Waals surface area contributed by atoms with Crippen molar-refractivity contribution in [3.8, 4) is 5.75 Å². The predicted molar refractivity (Wildman–Crippen MR) is 77.5 cm³/mol. The molecule has 0 aromatic heterocycles. The fraction of sp³-hybridized carbons (Fsp3) is 0.467. The van der Waals surface area contributed by atoms with Gasteiger partial charge in [-0.3, -0.25) is 4.79 Å². The summed E-state index contributed by atoms with van der Waals surface area (Å²) in [5.41, 5.74) is 1.11. The first-order valence-electron chi connectivity index (χ1n) is 6.74. The number of nitrogens with zero attached hydrogens (tertiary/aromatic N) is 1. The van der Waals surface area contributed by atoms with E-state index in [0.717, 1.165) is 12.0 Å². The Hall–Kier alpha value is -1.49. The van der Waals surface area contributed by atoms with Crippen LogP contribution in [0.2, 0.25) is 0 Å². The molecular formula is C15H17NO3S. The Bertz CT molecular complexity index is 557. The van der Waals surface area contributed by atoms with Crippen molar-refractivity contribution in [2.75, 3.05) is 5.75 Å². The van der Waals surface area contributed by atoms with Gasteiger partial charge < -0.3 is 9.64 Å². The van der Waals surface area contributed by atoms with Gasteiger partial charge in [-0.15, -0.1) is 11.8 Å². The van der Waals surface area contributed by atoms with Gasteiger partial charge in [0.25, 0.3) is 0 Å². The van der Waals surface area contributed by atoms with E-state index in [9.17, 15) is 9.59 Å². The van der Waals surface area contributed by atoms with E-state index in [1.165, 1.54) is 0 Å². The van der Waals surface area contributed by atoms with Crippen LogP contribution in [0.5, 0.6) is 5.75 Å². The van der Waals surface area contributed by atoms with Crippen molar-refractivity contribution >= 4 is 23.6 Å². The number of fused-ring (bicyclic) bond motifs is 1. The first kappa shape index (κ1) is 13.5. The number of aryl methyl sites for hydroxylation is 1. The highest BCUT2D eigenvalue weighted by Crippen LogP contribution is 2.47. The Balaban J connectivity index is 1.75. The SMILES string of the molecule is Cc1ccc(OC(=O)C2CSC3(C)CCC(=O)N23)cc1. The highest BCUT2D eigenvalue weighted by molar-refractivity contribution is 8.01. The zero-order valence-electron chi connectivity index (χ0n) is 11.6. The van der Waals surface area contributed by atoms with E-state index < -0.39 is 6.04 Å². The lowest BCUT2D eigenvalue weighted by Crippen LogP contribution is -2.47. The number of rotatable bonds is 2. The normalized spacial score (nSPS) is 28.6. The summed E-state index contributed by atoms with van der Waals surface area (Å²) in [6.07, 6.45) is 1.34. The summed E-state index contributed by atoms with van der Waals surface area (Å²) < 4.78 is 5.41. The molecule has 0 bridgehead atoms. The van der Waals surface area contributed by atoms with Crippen molar-refractivity contribution in [1.29, 1.82) is 0 Å². The van der Waals surface area contributed by atoms with Gasteiger partial charge in [0.05, 0.1) is 4.87 Å². The maximum Gasteiger partial charge on any atom is 0.335 e. The first-order valence-corrected chi connectivity index (χ1v) is 7.73. The molecule has 2 unspecified atom stereocenters. The van der Waals surface area contributed by atoms with E-state index in [4.69, 9.17) is 4.74 Å². The summed E-state index contributed by atoms with van der Waals surface area (Å²) in [4.78, 5) is 25.8. The Kier molecular flexibility index (Phi) is 3.24. The molecule has 2 heterocycles. The minimum absolute atomic E-state index is 0.0587. The second kappa shape index (κ2) is 4.81. The summed E-state index contributed by atoms with van der Waals surface area (Å²) in [5.74, 6) is 0.877. The standard InChI is InChI=1S/C15H17NO3S/c1-10-3-5-11(6-4-10)19-14(18)12-9-20-15(2)8-7-13(17)16(12)15/h3-6,12H,7-9H2,1-2H3. The number of hydrogen-bond acceptors (Lipinski definition) is 4. The van der Waals surface area contributed by atoms with E-state index in [2.05, 4.69) is 0 Å². The molecule has 1 amide bonds. The largest absolute Gasteiger partial charge is 0.425 e. The summed E-state index contributed by atoms with van der Waals surface area (Å²) in [5, 5.41) is 0. The molecule has 3 rings (SSSR count). The van der Waals surface area contributed by atoms with Gasteiger partial charge >= 0.3 is 5.97 Å². The Morgan fingerprint density at radius 2 is 2.10 bits per heavy atom. The molecule has 2 saturated heterocycles. The number of benzene rings is 1. The number of esters is 1. The molecular weight excluding hydrogens is 274 g/mol. The molecule has 4 nitrogen and oxygen atoms in total. The molecule has 2 aliphatic rings. The smallest absolute Gasteiger partial charge is 0.335 e. The number of carbonyl (C=O) groups is 2. The second-order valence-corrected chi connectivity index (χ2v) is 7.00. The second-order valence-electron chi connectivity index (χ2n) is 5.50. The minimum atomic E-state index is -0.457. The molecule has 0 radical (unpaired) electrons. The topological polar surface area (TPSA) is 46.6 Å². The van der Waals surface area contributed by atoms with Crippen LogP contribution in [-0.4, -0.2) is 33.4 Å². The van der Waals surface area contributed by atoms with Crippen LogP contribution >= 0.6 is 11.8 Å². The van der Waals surface area contributed by atoms with Crippen LogP contribution in [0.1, 0.15) is 25.3 Å². The van der Waals surface area contributed by atoms with E-state index in [0.29, 0.717) is 17.9 Å². The van der Waals surface area contributed by atoms with Crippen LogP contribution in [0.3, 0.4) is 0 Å². The maximum absolute atomic E-state index is 12.3. The lowest BCUT2D eigenvalue weighted by Gasteiger charge is -2.29. The Morgan fingerprint density at radius 1 is 1.40 bits per heavy atom. The van der Waals surface area contributed by atoms with Crippen molar-refractivity contribution in [2.45, 2.75) is 37.6 Å². The van der Waals surface area contributed by atoms with Gasteiger partial charge in [0, 0.05) is 12.2 Å². The lowest BCUT2D eigenvalue weighted by atomic mass is 10.2. The highest BCUT2D eigenvalue weighted by atomic mass is 32.2. The fourth-order valence-corrected chi connectivity index (χ4v) is 4.20. The van der Waals surface area contributed by atoms with Crippen LogP contribution < -0.4 is 4.74 Å². The minimum Gasteiger partial charge on any atom is -0.425 e. The van der Waals surface area contributed by atoms with Gasteiger partial charge in [-0.05, 0) is 32.4 Å². The van der Waals surface area contributed by atoms with Crippen LogP contribution in [0.4, 0.5) is 0 Å². The van der Waals surface area contributed by atoms with Crippen LogP contribution in [0.15, 0.2) is 24.3 Å². The number of ether oxygens (including phenoxy) is 1. The molecule has 20 heavy (non-hydrogen) atoms. The van der Waals surface area contributed by atoms with Crippen LogP contribution in [0, 0.1) is 6.92 Å². The third kappa shape index (κ3) is 2.20. The molecule has 1 aromatic carbocycles. The van der Waals surface area contributed by atoms with E-state index in [1.807, 2.05) is 26.0 Å². The Labute approximate surface area is 122 Å². The molecule has 2 fully saturated rings. The van der Waals surface area contributed by atoms with Gasteiger partial charge in [0.1, 0.15) is 11.8 Å². The number of thioether (sulfide) groups is 1. The van der Waals surface area contributed by atoms with Gasteiger partial charge in [-0.25, -0.2) is 4.79 Å². The zero-order valence-corrected chi connectivity index (χ0v) is 12.4. The van der Waals surface area contributed by atoms with Crippen molar-refractivity contribution in [2.24, 2.45) is 0 Å². The van der Waals surface area contributed by atoms with Gasteiger partial charge in [-0.2, -0.15) is 0 Å². The van der Waals surface area contributed by atoms with Crippen molar-refractivity contribution in [1.82, 2.24) is 4.90 Å². The number of hydrogen-bond donors (Lipinski definition) is 0. The van der Waals surface area contributed by atoms with E-state index in [1.54, 1.807) is 28.8 Å². The van der Waals surface area contributed by atoms with Crippen molar-refractivity contribution < 1.29 is 14.3 Å². The maximum atomic E-state index is 12.3. The van der Waals surface area contributed by atoms with Crippen molar-refractivity contribution in [3.63, 3.8) is 0 Å². The molecule has 0 N–H and O–H groups in total. The third-order valence-electron chi connectivity index (χ3n) is 3.96. The molecule has 106 valence electrons. The lowest BCUT2D eigenvalue weighted by molar-refractivity contribution is -0.146.